The Hall–Kier alpha value is -2.80. The van der Waals surface area contributed by atoms with Gasteiger partial charge in [0.05, 0.1) is 7.11 Å². The molecule has 2 aromatic carbocycles. The zero-order chi connectivity index (χ0) is 19.1. The lowest BCUT2D eigenvalue weighted by molar-refractivity contribution is 0.414. The highest BCUT2D eigenvalue weighted by Crippen LogP contribution is 2.17. The summed E-state index contributed by atoms with van der Waals surface area (Å²) >= 11 is 1.88. The Labute approximate surface area is 162 Å². The number of ether oxygens (including phenoxy) is 1. The molecule has 0 radical (unpaired) electrons. The van der Waals surface area contributed by atoms with E-state index in [4.69, 9.17) is 4.74 Å². The molecule has 0 aliphatic rings. The molecule has 0 unspecified atom stereocenters. The number of thioether (sulfide) groups is 1. The van der Waals surface area contributed by atoms with Crippen molar-refractivity contribution < 1.29 is 4.74 Å². The SMILES string of the molecule is CCSCc1ccc(Nc2nnc(Cc3ccc(OC)cc3)c(=O)[nH]2)cc1. The van der Waals surface area contributed by atoms with Gasteiger partial charge in [0.1, 0.15) is 11.4 Å². The molecule has 1 aromatic heterocycles. The van der Waals surface area contributed by atoms with E-state index in [1.165, 1.54) is 5.56 Å². The number of aromatic nitrogens is 3. The van der Waals surface area contributed by atoms with Crippen molar-refractivity contribution in [2.45, 2.75) is 19.1 Å². The van der Waals surface area contributed by atoms with E-state index in [1.807, 2.05) is 48.2 Å². The van der Waals surface area contributed by atoms with Gasteiger partial charge in [-0.2, -0.15) is 11.8 Å². The smallest absolute Gasteiger partial charge is 0.274 e. The van der Waals surface area contributed by atoms with Gasteiger partial charge in [-0.15, -0.1) is 10.2 Å². The average molecular weight is 382 g/mol. The van der Waals surface area contributed by atoms with Gasteiger partial charge in [0, 0.05) is 17.9 Å². The quantitative estimate of drug-likeness (QED) is 0.617. The number of aromatic amines is 1. The minimum Gasteiger partial charge on any atom is -0.497 e. The van der Waals surface area contributed by atoms with Crippen molar-refractivity contribution in [3.05, 3.63) is 75.7 Å². The third-order valence-corrected chi connectivity index (χ3v) is 4.93. The van der Waals surface area contributed by atoms with Gasteiger partial charge < -0.3 is 10.1 Å². The maximum absolute atomic E-state index is 12.3. The van der Waals surface area contributed by atoms with Gasteiger partial charge in [-0.05, 0) is 41.1 Å². The Morgan fingerprint density at radius 2 is 1.74 bits per heavy atom. The molecule has 0 saturated heterocycles. The molecule has 0 atom stereocenters. The van der Waals surface area contributed by atoms with Crippen LogP contribution in [0.4, 0.5) is 11.6 Å². The number of rotatable bonds is 8. The fraction of sp³-hybridized carbons (Fsp3) is 0.250. The molecular formula is C20H22N4O2S. The van der Waals surface area contributed by atoms with E-state index in [2.05, 4.69) is 39.6 Å². The molecule has 3 rings (SSSR count). The molecule has 3 aromatic rings. The Balaban J connectivity index is 1.66. The lowest BCUT2D eigenvalue weighted by atomic mass is 10.1. The number of hydrogen-bond donors (Lipinski definition) is 2. The third-order valence-electron chi connectivity index (χ3n) is 3.98. The standard InChI is InChI=1S/C20H22N4O2S/c1-3-27-13-15-4-8-16(9-5-15)21-20-22-19(25)18(23-24-20)12-14-6-10-17(26-2)11-7-14/h4-11H,3,12-13H2,1-2H3,(H2,21,22,24,25). The van der Waals surface area contributed by atoms with Crippen LogP contribution in [0.5, 0.6) is 5.75 Å². The summed E-state index contributed by atoms with van der Waals surface area (Å²) in [6, 6.07) is 15.6. The number of methoxy groups -OCH3 is 1. The van der Waals surface area contributed by atoms with Crippen LogP contribution in [-0.4, -0.2) is 28.0 Å². The zero-order valence-corrected chi connectivity index (χ0v) is 16.2. The maximum atomic E-state index is 12.3. The third kappa shape index (κ3) is 5.34. The highest BCUT2D eigenvalue weighted by Gasteiger charge is 2.07. The minimum atomic E-state index is -0.251. The van der Waals surface area contributed by atoms with Crippen molar-refractivity contribution >= 4 is 23.4 Å². The van der Waals surface area contributed by atoms with Crippen LogP contribution in [0.3, 0.4) is 0 Å². The van der Waals surface area contributed by atoms with E-state index < -0.39 is 0 Å². The number of hydrogen-bond acceptors (Lipinski definition) is 6. The van der Waals surface area contributed by atoms with Gasteiger partial charge in [0.2, 0.25) is 5.95 Å². The second-order valence-corrected chi connectivity index (χ2v) is 7.21. The van der Waals surface area contributed by atoms with E-state index >= 15 is 0 Å². The van der Waals surface area contributed by atoms with Crippen molar-refractivity contribution in [1.29, 1.82) is 0 Å². The Bertz CT molecular complexity index is 924. The van der Waals surface area contributed by atoms with Gasteiger partial charge in [0.15, 0.2) is 0 Å². The molecule has 0 amide bonds. The largest absolute Gasteiger partial charge is 0.497 e. The van der Waals surface area contributed by atoms with Crippen molar-refractivity contribution in [2.24, 2.45) is 0 Å². The second-order valence-electron chi connectivity index (χ2n) is 5.93. The molecular weight excluding hydrogens is 360 g/mol. The molecule has 0 bridgehead atoms. The molecule has 140 valence electrons. The van der Waals surface area contributed by atoms with Gasteiger partial charge in [-0.1, -0.05) is 31.2 Å². The zero-order valence-electron chi connectivity index (χ0n) is 15.4. The van der Waals surface area contributed by atoms with Crippen molar-refractivity contribution in [3.63, 3.8) is 0 Å². The Morgan fingerprint density at radius 3 is 2.37 bits per heavy atom. The predicted molar refractivity (Wildman–Crippen MR) is 110 cm³/mol. The number of H-pyrrole nitrogens is 1. The molecule has 0 fully saturated rings. The summed E-state index contributed by atoms with van der Waals surface area (Å²) in [7, 11) is 1.62. The number of nitrogens with zero attached hydrogens (tertiary/aromatic N) is 2. The van der Waals surface area contributed by atoms with E-state index in [9.17, 15) is 4.79 Å². The summed E-state index contributed by atoms with van der Waals surface area (Å²) in [5.41, 5.74) is 3.21. The maximum Gasteiger partial charge on any atom is 0.274 e. The fourth-order valence-electron chi connectivity index (χ4n) is 2.51. The molecule has 7 heteroatoms. The average Bonchev–Trinajstić information content (AvgIpc) is 2.70. The van der Waals surface area contributed by atoms with E-state index in [0.717, 1.165) is 28.5 Å². The summed E-state index contributed by atoms with van der Waals surface area (Å²) in [6.07, 6.45) is 0.413. The molecule has 0 saturated carbocycles. The number of anilines is 2. The van der Waals surface area contributed by atoms with Crippen LogP contribution in [-0.2, 0) is 12.2 Å². The van der Waals surface area contributed by atoms with Crippen LogP contribution < -0.4 is 15.6 Å². The molecule has 0 spiro atoms. The van der Waals surface area contributed by atoms with E-state index in [-0.39, 0.29) is 5.56 Å². The van der Waals surface area contributed by atoms with Crippen LogP contribution >= 0.6 is 11.8 Å². The minimum absolute atomic E-state index is 0.251. The summed E-state index contributed by atoms with van der Waals surface area (Å²) in [5.74, 6) is 3.19. The van der Waals surface area contributed by atoms with Crippen molar-refractivity contribution in [1.82, 2.24) is 15.2 Å². The van der Waals surface area contributed by atoms with Gasteiger partial charge in [-0.3, -0.25) is 9.78 Å². The normalized spacial score (nSPS) is 10.6. The molecule has 0 aliphatic carbocycles. The van der Waals surface area contributed by atoms with Gasteiger partial charge >= 0.3 is 0 Å². The van der Waals surface area contributed by atoms with Gasteiger partial charge in [0.25, 0.3) is 5.56 Å². The van der Waals surface area contributed by atoms with Crippen LogP contribution in [0.1, 0.15) is 23.7 Å². The number of nitrogens with one attached hydrogen (secondary N) is 2. The molecule has 2 N–H and O–H groups in total. The molecule has 0 aliphatic heterocycles. The monoisotopic (exact) mass is 382 g/mol. The predicted octanol–water partition coefficient (Wildman–Crippen LogP) is 3.76. The lowest BCUT2D eigenvalue weighted by Crippen LogP contribution is -2.18. The number of benzene rings is 2. The highest BCUT2D eigenvalue weighted by atomic mass is 32.2. The topological polar surface area (TPSA) is 79.9 Å². The van der Waals surface area contributed by atoms with E-state index in [0.29, 0.717) is 18.1 Å². The van der Waals surface area contributed by atoms with Crippen LogP contribution in [0.15, 0.2) is 53.3 Å². The molecule has 1 heterocycles. The van der Waals surface area contributed by atoms with Crippen LogP contribution in [0.25, 0.3) is 0 Å². The molecule has 6 nitrogen and oxygen atoms in total. The Morgan fingerprint density at radius 1 is 1.04 bits per heavy atom. The first kappa shape index (κ1) is 19.0. The van der Waals surface area contributed by atoms with Gasteiger partial charge in [-0.25, -0.2) is 0 Å². The fourth-order valence-corrected chi connectivity index (χ4v) is 3.14. The second kappa shape index (κ2) is 9.23. The summed E-state index contributed by atoms with van der Waals surface area (Å²) in [4.78, 5) is 15.1. The summed E-state index contributed by atoms with van der Waals surface area (Å²) in [6.45, 7) is 2.15. The van der Waals surface area contributed by atoms with Crippen LogP contribution in [0, 0.1) is 0 Å². The first-order valence-electron chi connectivity index (χ1n) is 8.70. The van der Waals surface area contributed by atoms with Crippen LogP contribution in [0.2, 0.25) is 0 Å². The first-order chi connectivity index (χ1) is 13.2. The first-order valence-corrected chi connectivity index (χ1v) is 9.86. The van der Waals surface area contributed by atoms with Crippen molar-refractivity contribution in [3.8, 4) is 5.75 Å². The highest BCUT2D eigenvalue weighted by molar-refractivity contribution is 7.98. The Kier molecular flexibility index (Phi) is 6.49. The molecule has 27 heavy (non-hydrogen) atoms. The van der Waals surface area contributed by atoms with E-state index in [1.54, 1.807) is 7.11 Å². The summed E-state index contributed by atoms with van der Waals surface area (Å²) in [5, 5.41) is 11.3. The van der Waals surface area contributed by atoms with Crippen molar-refractivity contribution in [2.75, 3.05) is 18.2 Å². The summed E-state index contributed by atoms with van der Waals surface area (Å²) < 4.78 is 5.14. The lowest BCUT2D eigenvalue weighted by Gasteiger charge is -2.07.